The molecule has 0 aliphatic carbocycles. The first-order valence-electron chi connectivity index (χ1n) is 9.33. The number of hydrogen-bond donors (Lipinski definition) is 8. The predicted octanol–water partition coefficient (Wildman–Crippen LogP) is -1.47. The maximum absolute atomic E-state index is 9.96. The second-order valence-electron chi connectivity index (χ2n) is 4.99. The fourth-order valence-electron chi connectivity index (χ4n) is 0.352. The Bertz CT molecular complexity index is 564. The van der Waals surface area contributed by atoms with Crippen molar-refractivity contribution in [2.45, 2.75) is 21.3 Å². The highest BCUT2D eigenvalue weighted by molar-refractivity contribution is 7.88. The predicted molar refractivity (Wildman–Crippen MR) is 146 cm³/mol. The summed E-state index contributed by atoms with van der Waals surface area (Å²) in [6, 6.07) is -0.157. The van der Waals surface area contributed by atoms with Crippen molar-refractivity contribution in [1.82, 2.24) is 41.9 Å². The maximum Gasteiger partial charge on any atom is 0.406 e. The minimum atomic E-state index is -2.91. The van der Waals surface area contributed by atoms with E-state index in [4.69, 9.17) is 0 Å². The van der Waals surface area contributed by atoms with Crippen LogP contribution in [0.25, 0.3) is 0 Å². The van der Waals surface area contributed by atoms with E-state index < -0.39 is 16.1 Å². The molecule has 214 valence electrons. The molecule has 0 radical (unpaired) electrons. The van der Waals surface area contributed by atoms with Crippen molar-refractivity contribution in [2.75, 3.05) is 69.7 Å². The number of carbonyl (C=O) groups excluding carboxylic acids is 4. The van der Waals surface area contributed by atoms with E-state index in [1.54, 1.807) is 42.3 Å². The lowest BCUT2D eigenvalue weighted by molar-refractivity contribution is -0.119. The van der Waals surface area contributed by atoms with E-state index in [1.807, 2.05) is 0 Å². The zero-order chi connectivity index (χ0) is 28.8. The summed E-state index contributed by atoms with van der Waals surface area (Å²) in [7, 11) is 11.2. The largest absolute Gasteiger partial charge is 0.453 e. The van der Waals surface area contributed by atoms with Gasteiger partial charge in [-0.15, -0.1) is 0 Å². The molecule has 0 aliphatic heterocycles. The van der Waals surface area contributed by atoms with Crippen LogP contribution >= 0.6 is 12.2 Å². The monoisotopic (exact) mass is 552 g/mol. The van der Waals surface area contributed by atoms with Crippen LogP contribution in [0.15, 0.2) is 0 Å². The Morgan fingerprint density at radius 2 is 0.914 bits per heavy atom. The van der Waals surface area contributed by atoms with Crippen molar-refractivity contribution in [3.8, 4) is 0 Å². The summed E-state index contributed by atoms with van der Waals surface area (Å²) >= 11 is 4.63. The topological polar surface area (TPSA) is 208 Å². The summed E-state index contributed by atoms with van der Waals surface area (Å²) in [4.78, 5) is 39.2. The summed E-state index contributed by atoms with van der Waals surface area (Å²) in [5, 5.41) is 17.9. The van der Waals surface area contributed by atoms with E-state index in [9.17, 15) is 27.6 Å². The zero-order valence-electron chi connectivity index (χ0n) is 22.2. The maximum atomic E-state index is 9.96. The third-order valence-electron chi connectivity index (χ3n) is 2.37. The summed E-state index contributed by atoms with van der Waals surface area (Å²) in [5.41, 5.74) is 0. The van der Waals surface area contributed by atoms with Crippen LogP contribution in [0, 0.1) is 0 Å². The van der Waals surface area contributed by atoms with Crippen LogP contribution < -0.4 is 41.9 Å². The number of nitrogens with one attached hydrogen (secondary N) is 8. The Balaban J connectivity index is -0.0000000536. The molecule has 0 aliphatic rings. The number of rotatable bonds is 1. The Morgan fingerprint density at radius 3 is 0.914 bits per heavy atom. The van der Waals surface area contributed by atoms with Gasteiger partial charge < -0.3 is 42.0 Å². The smallest absolute Gasteiger partial charge is 0.406 e. The van der Waals surface area contributed by atoms with Crippen molar-refractivity contribution >= 4 is 51.3 Å². The number of carbonyl (C=O) groups is 4. The first-order valence-corrected chi connectivity index (χ1v) is 11.6. The van der Waals surface area contributed by atoms with Gasteiger partial charge in [0, 0.05) is 63.2 Å². The number of methoxy groups -OCH3 is 1. The molecule has 8 N–H and O–H groups in total. The zero-order valence-corrected chi connectivity index (χ0v) is 23.8. The van der Waals surface area contributed by atoms with Gasteiger partial charge in [0.2, 0.25) is 21.8 Å². The molecule has 0 spiro atoms. The molecule has 0 heterocycles. The summed E-state index contributed by atoms with van der Waals surface area (Å²) < 4.78 is 26.0. The van der Waals surface area contributed by atoms with Crippen molar-refractivity contribution < 1.29 is 32.3 Å². The fourth-order valence-corrected chi connectivity index (χ4v) is 0.352. The number of urea groups is 1. The molecule has 15 nitrogen and oxygen atoms in total. The number of sulfonamides is 1. The highest BCUT2D eigenvalue weighted by atomic mass is 32.2. The van der Waals surface area contributed by atoms with Crippen LogP contribution in [-0.4, -0.2) is 107 Å². The van der Waals surface area contributed by atoms with Crippen molar-refractivity contribution in [3.63, 3.8) is 0 Å². The quantitative estimate of drug-likeness (QED) is 0.177. The van der Waals surface area contributed by atoms with Gasteiger partial charge in [0.15, 0.2) is 5.11 Å². The van der Waals surface area contributed by atoms with Gasteiger partial charge in [-0.3, -0.25) is 9.59 Å². The van der Waals surface area contributed by atoms with Crippen LogP contribution in [0.4, 0.5) is 9.59 Å². The molecule has 0 aromatic rings. The van der Waals surface area contributed by atoms with Crippen LogP contribution in [0.1, 0.15) is 21.3 Å². The third kappa shape index (κ3) is 102. The van der Waals surface area contributed by atoms with Gasteiger partial charge in [-0.25, -0.2) is 22.7 Å². The van der Waals surface area contributed by atoms with E-state index >= 15 is 0 Å². The minimum absolute atomic E-state index is 0. The average molecular weight is 553 g/mol. The Hall–Kier alpha value is -2.92. The molecule has 17 heteroatoms. The molecule has 0 rings (SSSR count). The van der Waals surface area contributed by atoms with Crippen molar-refractivity contribution in [2.24, 2.45) is 0 Å². The Kier molecular flexibility index (Phi) is 54.0. The van der Waals surface area contributed by atoms with Gasteiger partial charge in [-0.1, -0.05) is 7.43 Å². The first-order chi connectivity index (χ1) is 15.5. The first kappa shape index (κ1) is 49.3. The molecule has 0 bridgehead atoms. The van der Waals surface area contributed by atoms with Crippen LogP contribution in [0.2, 0.25) is 0 Å². The van der Waals surface area contributed by atoms with Gasteiger partial charge >= 0.3 is 12.1 Å². The SMILES string of the molecule is C.CNC(=O)NC.CNC(=O)OC.CNC(=S)NC.CNC(C)=O.CNC(C)=O.CNS(C)(=O)=O. The summed E-state index contributed by atoms with van der Waals surface area (Å²) in [5.74, 6) is 0.00926. The summed E-state index contributed by atoms with van der Waals surface area (Å²) in [6.45, 7) is 2.94. The van der Waals surface area contributed by atoms with Gasteiger partial charge in [0.05, 0.1) is 13.4 Å². The van der Waals surface area contributed by atoms with E-state index in [0.717, 1.165) is 6.26 Å². The van der Waals surface area contributed by atoms with Gasteiger partial charge in [-0.2, -0.15) is 0 Å². The average Bonchev–Trinajstić information content (AvgIpc) is 2.83. The van der Waals surface area contributed by atoms with Crippen molar-refractivity contribution in [1.29, 1.82) is 0 Å². The molecule has 0 atom stereocenters. The lowest BCUT2D eigenvalue weighted by atomic mass is 10.7. The highest BCUT2D eigenvalue weighted by Gasteiger charge is 1.88. The molecule has 0 saturated heterocycles. The lowest BCUT2D eigenvalue weighted by Gasteiger charge is -1.95. The lowest BCUT2D eigenvalue weighted by Crippen LogP contribution is -2.28. The van der Waals surface area contributed by atoms with E-state index in [1.165, 1.54) is 35.1 Å². The molecule has 35 heavy (non-hydrogen) atoms. The van der Waals surface area contributed by atoms with Crippen LogP contribution in [0.5, 0.6) is 0 Å². The third-order valence-corrected chi connectivity index (χ3v) is 3.52. The normalized spacial score (nSPS) is 7.54. The molecule has 5 amide bonds. The number of ether oxygens (including phenoxy) is 1. The number of thiocarbonyl (C=S) groups is 1. The standard InChI is InChI=1S/C3H8N2O.C3H8N2S.C3H7NO2.2C3H7NO.C2H7NO2S.CH4/c2*1-4-3(6)5-2;1-4-3(5)6-2;2*1-3(5)4-2;1-3-6(2,4)5;/h2*1-2H3,(H2,4,5,6);1-2H3,(H,4,5);2*1-2H3,(H,4,5);3H,1-2H3;1H4. The Labute approximate surface area is 216 Å². The second-order valence-corrected chi connectivity index (χ2v) is 7.35. The van der Waals surface area contributed by atoms with E-state index in [0.29, 0.717) is 5.11 Å². The number of hydrogen-bond acceptors (Lipinski definition) is 8. The van der Waals surface area contributed by atoms with E-state index in [2.05, 4.69) is 58.9 Å². The molecule has 0 unspecified atom stereocenters. The molecular weight excluding hydrogens is 504 g/mol. The van der Waals surface area contributed by atoms with Gasteiger partial charge in [0.25, 0.3) is 0 Å². The minimum Gasteiger partial charge on any atom is -0.453 e. The second kappa shape index (κ2) is 38.3. The van der Waals surface area contributed by atoms with Crippen LogP contribution in [-0.2, 0) is 24.3 Å². The Morgan fingerprint density at radius 1 is 0.657 bits per heavy atom. The fraction of sp³-hybridized carbons (Fsp3) is 0.722. The van der Waals surface area contributed by atoms with Gasteiger partial charge in [0.1, 0.15) is 0 Å². The van der Waals surface area contributed by atoms with Crippen LogP contribution in [0.3, 0.4) is 0 Å². The molecule has 0 fully saturated rings. The van der Waals surface area contributed by atoms with Crippen molar-refractivity contribution in [3.05, 3.63) is 0 Å². The van der Waals surface area contributed by atoms with Gasteiger partial charge in [-0.05, 0) is 19.3 Å². The summed E-state index contributed by atoms with van der Waals surface area (Å²) in [6.07, 6.45) is 0.697. The molecule has 0 saturated carbocycles. The molecule has 0 aromatic carbocycles. The number of alkyl carbamates (subject to hydrolysis) is 1. The number of amides is 5. The highest BCUT2D eigenvalue weighted by Crippen LogP contribution is 1.63. The molecule has 0 aromatic heterocycles. The van der Waals surface area contributed by atoms with E-state index in [-0.39, 0.29) is 25.3 Å². The molecular formula is C18H48N8O7S2.